The summed E-state index contributed by atoms with van der Waals surface area (Å²) in [5.41, 5.74) is 1.16. The summed E-state index contributed by atoms with van der Waals surface area (Å²) in [4.78, 5) is 39.2. The number of nitrogens with zero attached hydrogens (tertiary/aromatic N) is 2. The summed E-state index contributed by atoms with van der Waals surface area (Å²) in [6.07, 6.45) is 1.49. The zero-order valence-corrected chi connectivity index (χ0v) is 16.7. The van der Waals surface area contributed by atoms with E-state index < -0.39 is 0 Å². The Kier molecular flexibility index (Phi) is 7.39. The molecule has 6 heteroatoms. The number of rotatable bonds is 7. The summed E-state index contributed by atoms with van der Waals surface area (Å²) >= 11 is 0. The number of benzene rings is 1. The van der Waals surface area contributed by atoms with Crippen LogP contribution in [0.25, 0.3) is 0 Å². The van der Waals surface area contributed by atoms with Gasteiger partial charge in [-0.1, -0.05) is 44.2 Å². The molecule has 0 radical (unpaired) electrons. The zero-order valence-electron chi connectivity index (χ0n) is 16.7. The van der Waals surface area contributed by atoms with E-state index in [0.29, 0.717) is 45.6 Å². The summed E-state index contributed by atoms with van der Waals surface area (Å²) in [5.74, 6) is 0.0594. The van der Waals surface area contributed by atoms with Crippen molar-refractivity contribution in [3.63, 3.8) is 0 Å². The minimum atomic E-state index is -0.0647. The highest BCUT2D eigenvalue weighted by atomic mass is 16.2. The van der Waals surface area contributed by atoms with Crippen LogP contribution in [0.3, 0.4) is 0 Å². The van der Waals surface area contributed by atoms with Gasteiger partial charge < -0.3 is 15.1 Å². The summed E-state index contributed by atoms with van der Waals surface area (Å²) in [6, 6.07) is 10.2. The average Bonchev–Trinajstić information content (AvgIpc) is 2.67. The van der Waals surface area contributed by atoms with Crippen molar-refractivity contribution in [3.05, 3.63) is 35.9 Å². The molecule has 1 N–H and O–H groups in total. The fraction of sp³-hybridized carbons (Fsp3) is 0.571. The lowest BCUT2D eigenvalue weighted by Gasteiger charge is -2.34. The molecule has 0 atom stereocenters. The first kappa shape index (κ1) is 20.9. The van der Waals surface area contributed by atoms with Gasteiger partial charge >= 0.3 is 0 Å². The van der Waals surface area contributed by atoms with Crippen molar-refractivity contribution in [1.29, 1.82) is 0 Å². The Labute approximate surface area is 161 Å². The smallest absolute Gasteiger partial charge is 0.224 e. The third kappa shape index (κ3) is 6.38. The molecule has 0 saturated carbocycles. The van der Waals surface area contributed by atoms with Crippen LogP contribution in [0.5, 0.6) is 0 Å². The van der Waals surface area contributed by atoms with E-state index in [4.69, 9.17) is 0 Å². The minimum Gasteiger partial charge on any atom is -0.356 e. The van der Waals surface area contributed by atoms with E-state index in [2.05, 4.69) is 31.3 Å². The fourth-order valence-corrected chi connectivity index (χ4v) is 3.29. The Bertz CT molecular complexity index is 650. The molecule has 27 heavy (non-hydrogen) atoms. The van der Waals surface area contributed by atoms with Crippen LogP contribution < -0.4 is 5.32 Å². The second kappa shape index (κ2) is 9.53. The van der Waals surface area contributed by atoms with Crippen molar-refractivity contribution in [2.24, 2.45) is 0 Å². The molecule has 2 rings (SSSR count). The predicted molar refractivity (Wildman–Crippen MR) is 105 cm³/mol. The molecule has 1 fully saturated rings. The second-order valence-electron chi connectivity index (χ2n) is 7.74. The molecule has 0 aliphatic carbocycles. The number of carbonyl (C=O) groups excluding carboxylic acids is 3. The molecule has 1 aromatic carbocycles. The molecule has 3 amide bonds. The van der Waals surface area contributed by atoms with E-state index in [9.17, 15) is 14.4 Å². The van der Waals surface area contributed by atoms with Crippen LogP contribution in [-0.4, -0.2) is 60.2 Å². The number of piperazine rings is 1. The first-order chi connectivity index (χ1) is 12.8. The number of hydrogen-bond acceptors (Lipinski definition) is 3. The third-order valence-corrected chi connectivity index (χ3v) is 5.27. The van der Waals surface area contributed by atoms with E-state index in [-0.39, 0.29) is 23.1 Å². The van der Waals surface area contributed by atoms with Crippen molar-refractivity contribution in [3.8, 4) is 0 Å². The average molecular weight is 373 g/mol. The molecule has 1 aromatic rings. The zero-order chi connectivity index (χ0) is 19.9. The van der Waals surface area contributed by atoms with Crippen LogP contribution in [0.2, 0.25) is 0 Å². The van der Waals surface area contributed by atoms with Gasteiger partial charge in [0.2, 0.25) is 17.7 Å². The Morgan fingerprint density at radius 2 is 1.56 bits per heavy atom. The summed E-state index contributed by atoms with van der Waals surface area (Å²) < 4.78 is 0. The predicted octanol–water partition coefficient (Wildman–Crippen LogP) is 1.94. The largest absolute Gasteiger partial charge is 0.356 e. The van der Waals surface area contributed by atoms with Crippen LogP contribution in [0, 0.1) is 0 Å². The lowest BCUT2D eigenvalue weighted by molar-refractivity contribution is -0.138. The first-order valence-corrected chi connectivity index (χ1v) is 9.65. The molecular weight excluding hydrogens is 342 g/mol. The van der Waals surface area contributed by atoms with Gasteiger partial charge in [-0.05, 0) is 17.4 Å². The van der Waals surface area contributed by atoms with Crippen molar-refractivity contribution in [1.82, 2.24) is 15.1 Å². The Balaban J connectivity index is 1.66. The Morgan fingerprint density at radius 3 is 2.15 bits per heavy atom. The second-order valence-corrected chi connectivity index (χ2v) is 7.74. The molecule has 1 heterocycles. The molecule has 0 aromatic heterocycles. The van der Waals surface area contributed by atoms with Crippen LogP contribution >= 0.6 is 0 Å². The van der Waals surface area contributed by atoms with Crippen molar-refractivity contribution < 1.29 is 14.4 Å². The maximum absolute atomic E-state index is 12.2. The fourth-order valence-electron chi connectivity index (χ4n) is 3.29. The van der Waals surface area contributed by atoms with Gasteiger partial charge in [-0.15, -0.1) is 0 Å². The molecule has 6 nitrogen and oxygen atoms in total. The topological polar surface area (TPSA) is 69.7 Å². The number of amides is 3. The molecule has 0 unspecified atom stereocenters. The van der Waals surface area contributed by atoms with Gasteiger partial charge in [0.05, 0.1) is 0 Å². The number of hydrogen-bond donors (Lipinski definition) is 1. The summed E-state index contributed by atoms with van der Waals surface area (Å²) in [6.45, 7) is 8.49. The van der Waals surface area contributed by atoms with Crippen molar-refractivity contribution >= 4 is 17.7 Å². The standard InChI is InChI=1S/C21H31N3O3/c1-17(25)23-13-15-24(16-14-23)20(27)10-12-22-19(26)9-11-21(2,3)18-7-5-4-6-8-18/h4-8H,9-16H2,1-3H3,(H,22,26). The van der Waals surface area contributed by atoms with Gasteiger partial charge in [0.25, 0.3) is 0 Å². The van der Waals surface area contributed by atoms with Gasteiger partial charge in [-0.25, -0.2) is 0 Å². The van der Waals surface area contributed by atoms with Crippen LogP contribution in [0.4, 0.5) is 0 Å². The number of nitrogens with one attached hydrogen (secondary N) is 1. The maximum atomic E-state index is 12.2. The highest BCUT2D eigenvalue weighted by Gasteiger charge is 2.23. The molecule has 0 spiro atoms. The maximum Gasteiger partial charge on any atom is 0.224 e. The molecule has 1 aliphatic rings. The molecule has 1 saturated heterocycles. The number of carbonyl (C=O) groups is 3. The lowest BCUT2D eigenvalue weighted by atomic mass is 9.80. The Morgan fingerprint density at radius 1 is 0.963 bits per heavy atom. The van der Waals surface area contributed by atoms with E-state index in [1.807, 2.05) is 18.2 Å². The van der Waals surface area contributed by atoms with E-state index in [1.54, 1.807) is 16.7 Å². The van der Waals surface area contributed by atoms with E-state index in [1.165, 1.54) is 5.56 Å². The molecule has 1 aliphatic heterocycles. The van der Waals surface area contributed by atoms with Gasteiger partial charge in [-0.3, -0.25) is 14.4 Å². The SMILES string of the molecule is CC(=O)N1CCN(C(=O)CCNC(=O)CCC(C)(C)c2ccccc2)CC1. The Hall–Kier alpha value is -2.37. The normalized spacial score (nSPS) is 14.8. The summed E-state index contributed by atoms with van der Waals surface area (Å²) in [7, 11) is 0. The van der Waals surface area contributed by atoms with Crippen molar-refractivity contribution in [2.45, 2.75) is 45.4 Å². The minimum absolute atomic E-state index is 0.0202. The molecule has 0 bridgehead atoms. The quantitative estimate of drug-likeness (QED) is 0.794. The monoisotopic (exact) mass is 373 g/mol. The summed E-state index contributed by atoms with van der Waals surface area (Å²) in [5, 5.41) is 2.85. The van der Waals surface area contributed by atoms with Crippen LogP contribution in [0.1, 0.15) is 45.6 Å². The highest BCUT2D eigenvalue weighted by Crippen LogP contribution is 2.27. The van der Waals surface area contributed by atoms with Crippen LogP contribution in [0.15, 0.2) is 30.3 Å². The first-order valence-electron chi connectivity index (χ1n) is 9.65. The highest BCUT2D eigenvalue weighted by molar-refractivity contribution is 5.79. The van der Waals surface area contributed by atoms with E-state index >= 15 is 0 Å². The molecular formula is C21H31N3O3. The van der Waals surface area contributed by atoms with Gasteiger partial charge in [-0.2, -0.15) is 0 Å². The molecule has 148 valence electrons. The lowest BCUT2D eigenvalue weighted by Crippen LogP contribution is -2.50. The van der Waals surface area contributed by atoms with Crippen molar-refractivity contribution in [2.75, 3.05) is 32.7 Å². The van der Waals surface area contributed by atoms with Crippen LogP contribution in [-0.2, 0) is 19.8 Å². The van der Waals surface area contributed by atoms with E-state index in [0.717, 1.165) is 6.42 Å². The van der Waals surface area contributed by atoms with Gasteiger partial charge in [0, 0.05) is 52.5 Å². The third-order valence-electron chi connectivity index (χ3n) is 5.27. The van der Waals surface area contributed by atoms with Gasteiger partial charge in [0.15, 0.2) is 0 Å². The van der Waals surface area contributed by atoms with Gasteiger partial charge in [0.1, 0.15) is 0 Å².